The molecule has 4 heteroatoms. The van der Waals surface area contributed by atoms with Crippen molar-refractivity contribution in [3.63, 3.8) is 0 Å². The number of nitrogens with two attached hydrogens (primary N) is 1. The molecule has 0 bridgehead atoms. The Balaban J connectivity index is 2.14. The van der Waals surface area contributed by atoms with Crippen molar-refractivity contribution in [2.45, 2.75) is 13.0 Å². The third-order valence-electron chi connectivity index (χ3n) is 2.24. The van der Waals surface area contributed by atoms with Crippen molar-refractivity contribution >= 4 is 0 Å². The van der Waals surface area contributed by atoms with Gasteiger partial charge in [-0.15, -0.1) is 0 Å². The molecule has 78 valence electrons. The summed E-state index contributed by atoms with van der Waals surface area (Å²) in [6.45, 7) is 1.44. The lowest BCUT2D eigenvalue weighted by atomic mass is 10.2. The van der Waals surface area contributed by atoms with Crippen LogP contribution in [0.25, 0.3) is 0 Å². The van der Waals surface area contributed by atoms with Crippen molar-refractivity contribution in [3.05, 3.63) is 48.3 Å². The summed E-state index contributed by atoms with van der Waals surface area (Å²) in [5, 5.41) is 0. The monoisotopic (exact) mass is 202 g/mol. The zero-order valence-electron chi connectivity index (χ0n) is 8.50. The molecule has 0 radical (unpaired) electrons. The van der Waals surface area contributed by atoms with Crippen molar-refractivity contribution in [3.8, 4) is 0 Å². The van der Waals surface area contributed by atoms with Crippen LogP contribution in [-0.4, -0.2) is 21.1 Å². The number of imidazole rings is 1. The van der Waals surface area contributed by atoms with Gasteiger partial charge < -0.3 is 10.3 Å². The van der Waals surface area contributed by atoms with E-state index in [4.69, 9.17) is 5.73 Å². The maximum atomic E-state index is 5.52. The van der Waals surface area contributed by atoms with Crippen molar-refractivity contribution < 1.29 is 0 Å². The van der Waals surface area contributed by atoms with Crippen LogP contribution in [0.4, 0.5) is 0 Å². The van der Waals surface area contributed by atoms with Crippen LogP contribution < -0.4 is 5.73 Å². The number of pyridine rings is 1. The molecule has 0 amide bonds. The van der Waals surface area contributed by atoms with Crippen LogP contribution in [0.15, 0.2) is 36.8 Å². The molecule has 2 aromatic heterocycles. The minimum Gasteiger partial charge on any atom is -0.333 e. The topological polar surface area (TPSA) is 56.7 Å². The Morgan fingerprint density at radius 3 is 2.87 bits per heavy atom. The van der Waals surface area contributed by atoms with Gasteiger partial charge in [0.2, 0.25) is 0 Å². The Hall–Kier alpha value is -1.68. The van der Waals surface area contributed by atoms with E-state index < -0.39 is 0 Å². The molecule has 2 N–H and O–H groups in total. The molecule has 2 rings (SSSR count). The Morgan fingerprint density at radius 2 is 2.13 bits per heavy atom. The SMILES string of the molecule is NCCn1ccnc1Cc1ccccn1. The highest BCUT2D eigenvalue weighted by Crippen LogP contribution is 2.04. The molecular formula is C11H14N4. The summed E-state index contributed by atoms with van der Waals surface area (Å²) in [5.41, 5.74) is 6.55. The molecule has 0 fully saturated rings. The van der Waals surface area contributed by atoms with E-state index in [1.807, 2.05) is 24.4 Å². The van der Waals surface area contributed by atoms with Gasteiger partial charge in [0.15, 0.2) is 0 Å². The first-order valence-corrected chi connectivity index (χ1v) is 5.00. The van der Waals surface area contributed by atoms with Gasteiger partial charge in [-0.05, 0) is 12.1 Å². The molecule has 0 aromatic carbocycles. The van der Waals surface area contributed by atoms with Gasteiger partial charge in [-0.1, -0.05) is 6.07 Å². The lowest BCUT2D eigenvalue weighted by molar-refractivity contribution is 0.669. The van der Waals surface area contributed by atoms with E-state index in [0.29, 0.717) is 6.54 Å². The maximum absolute atomic E-state index is 5.52. The van der Waals surface area contributed by atoms with Crippen LogP contribution in [-0.2, 0) is 13.0 Å². The molecule has 2 aromatic rings. The van der Waals surface area contributed by atoms with E-state index in [9.17, 15) is 0 Å². The van der Waals surface area contributed by atoms with Gasteiger partial charge >= 0.3 is 0 Å². The molecule has 0 unspecified atom stereocenters. The molecule has 15 heavy (non-hydrogen) atoms. The third-order valence-corrected chi connectivity index (χ3v) is 2.24. The Kier molecular flexibility index (Phi) is 3.09. The van der Waals surface area contributed by atoms with Crippen molar-refractivity contribution in [2.24, 2.45) is 5.73 Å². The number of nitrogens with zero attached hydrogens (tertiary/aromatic N) is 3. The van der Waals surface area contributed by atoms with Gasteiger partial charge in [-0.3, -0.25) is 4.98 Å². The standard InChI is InChI=1S/C11H14N4/c12-4-7-15-8-6-14-11(15)9-10-3-1-2-5-13-10/h1-3,5-6,8H,4,7,9,12H2. The first-order chi connectivity index (χ1) is 7.40. The Bertz CT molecular complexity index is 408. The predicted octanol–water partition coefficient (Wildman–Crippen LogP) is 0.828. The smallest absolute Gasteiger partial charge is 0.114 e. The molecule has 0 aliphatic heterocycles. The summed E-state index contributed by atoms with van der Waals surface area (Å²) < 4.78 is 2.06. The summed E-state index contributed by atoms with van der Waals surface area (Å²) in [6.07, 6.45) is 6.30. The molecule has 0 saturated heterocycles. The van der Waals surface area contributed by atoms with E-state index in [2.05, 4.69) is 14.5 Å². The third kappa shape index (κ3) is 2.41. The molecule has 0 saturated carbocycles. The predicted molar refractivity (Wildman–Crippen MR) is 58.3 cm³/mol. The zero-order chi connectivity index (χ0) is 10.5. The van der Waals surface area contributed by atoms with Crippen LogP contribution in [0.5, 0.6) is 0 Å². The molecule has 2 heterocycles. The van der Waals surface area contributed by atoms with Gasteiger partial charge in [0, 0.05) is 43.8 Å². The van der Waals surface area contributed by atoms with Gasteiger partial charge in [-0.2, -0.15) is 0 Å². The second-order valence-corrected chi connectivity index (χ2v) is 3.32. The van der Waals surface area contributed by atoms with Crippen molar-refractivity contribution in [2.75, 3.05) is 6.54 Å². The summed E-state index contributed by atoms with van der Waals surface area (Å²) in [7, 11) is 0. The fourth-order valence-corrected chi connectivity index (χ4v) is 1.51. The van der Waals surface area contributed by atoms with E-state index in [1.54, 1.807) is 12.4 Å². The Morgan fingerprint density at radius 1 is 1.20 bits per heavy atom. The van der Waals surface area contributed by atoms with Crippen molar-refractivity contribution in [1.82, 2.24) is 14.5 Å². The highest BCUT2D eigenvalue weighted by atomic mass is 15.1. The van der Waals surface area contributed by atoms with E-state index >= 15 is 0 Å². The molecule has 4 nitrogen and oxygen atoms in total. The second kappa shape index (κ2) is 4.70. The minimum atomic E-state index is 0.631. The summed E-state index contributed by atoms with van der Waals surface area (Å²) >= 11 is 0. The average Bonchev–Trinajstić information content (AvgIpc) is 2.68. The van der Waals surface area contributed by atoms with Gasteiger partial charge in [0.25, 0.3) is 0 Å². The summed E-state index contributed by atoms with van der Waals surface area (Å²) in [4.78, 5) is 8.57. The number of hydrogen-bond donors (Lipinski definition) is 1. The van der Waals surface area contributed by atoms with E-state index in [1.165, 1.54) is 0 Å². The van der Waals surface area contributed by atoms with Gasteiger partial charge in [0.1, 0.15) is 5.82 Å². The van der Waals surface area contributed by atoms with Crippen molar-refractivity contribution in [1.29, 1.82) is 0 Å². The molecule has 0 aliphatic rings. The summed E-state index contributed by atoms with van der Waals surface area (Å²) in [6, 6.07) is 5.90. The fraction of sp³-hybridized carbons (Fsp3) is 0.273. The molecule has 0 spiro atoms. The van der Waals surface area contributed by atoms with Crippen LogP contribution in [0, 0.1) is 0 Å². The molecule has 0 atom stereocenters. The number of rotatable bonds is 4. The van der Waals surface area contributed by atoms with Gasteiger partial charge in [-0.25, -0.2) is 4.98 Å². The number of aromatic nitrogens is 3. The number of hydrogen-bond acceptors (Lipinski definition) is 3. The second-order valence-electron chi connectivity index (χ2n) is 3.32. The van der Waals surface area contributed by atoms with E-state index in [-0.39, 0.29) is 0 Å². The van der Waals surface area contributed by atoms with Crippen LogP contribution in [0.3, 0.4) is 0 Å². The normalized spacial score (nSPS) is 10.5. The van der Waals surface area contributed by atoms with Gasteiger partial charge in [0.05, 0.1) is 0 Å². The minimum absolute atomic E-state index is 0.631. The van der Waals surface area contributed by atoms with Crippen LogP contribution in [0.2, 0.25) is 0 Å². The zero-order valence-corrected chi connectivity index (χ0v) is 8.50. The lowest BCUT2D eigenvalue weighted by Crippen LogP contribution is -2.12. The quantitative estimate of drug-likeness (QED) is 0.798. The van der Waals surface area contributed by atoms with Crippen LogP contribution >= 0.6 is 0 Å². The summed E-state index contributed by atoms with van der Waals surface area (Å²) in [5.74, 6) is 1.01. The first-order valence-electron chi connectivity index (χ1n) is 5.00. The fourth-order valence-electron chi connectivity index (χ4n) is 1.51. The van der Waals surface area contributed by atoms with Crippen LogP contribution in [0.1, 0.15) is 11.5 Å². The average molecular weight is 202 g/mol. The lowest BCUT2D eigenvalue weighted by Gasteiger charge is -2.05. The highest BCUT2D eigenvalue weighted by Gasteiger charge is 2.03. The van der Waals surface area contributed by atoms with E-state index in [0.717, 1.165) is 24.5 Å². The Labute approximate surface area is 88.8 Å². The molecule has 0 aliphatic carbocycles. The maximum Gasteiger partial charge on any atom is 0.114 e. The highest BCUT2D eigenvalue weighted by molar-refractivity contribution is 5.10. The molecular weight excluding hydrogens is 188 g/mol. The first kappa shape index (κ1) is 9.86. The largest absolute Gasteiger partial charge is 0.333 e.